The highest BCUT2D eigenvalue weighted by Crippen LogP contribution is 2.49. The number of anilines is 1. The van der Waals surface area contributed by atoms with Crippen LogP contribution in [0.5, 0.6) is 0 Å². The first kappa shape index (κ1) is 24.5. The van der Waals surface area contributed by atoms with Gasteiger partial charge in [-0.3, -0.25) is 14.5 Å². The maximum absolute atomic E-state index is 13.4. The fraction of sp³-hybridized carbons (Fsp3) is 0.400. The molecule has 1 aliphatic rings. The molecular formula is C25H30N4O3S2. The van der Waals surface area contributed by atoms with Crippen LogP contribution in [-0.2, 0) is 19.9 Å². The van der Waals surface area contributed by atoms with Gasteiger partial charge in [-0.15, -0.1) is 23.1 Å². The lowest BCUT2D eigenvalue weighted by atomic mass is 10.0. The van der Waals surface area contributed by atoms with Gasteiger partial charge >= 0.3 is 0 Å². The number of nitrogens with zero attached hydrogens (tertiary/aromatic N) is 3. The summed E-state index contributed by atoms with van der Waals surface area (Å²) in [4.78, 5) is 29.0. The van der Waals surface area contributed by atoms with Crippen LogP contribution in [0.25, 0.3) is 11.3 Å². The molecule has 7 nitrogen and oxygen atoms in total. The number of amides is 2. The Balaban J connectivity index is 1.91. The second-order valence-corrected chi connectivity index (χ2v) is 11.1. The summed E-state index contributed by atoms with van der Waals surface area (Å²) < 4.78 is 6.95. The Hall–Kier alpha value is -2.62. The number of fused-ring (bicyclic) bond motifs is 1. The van der Waals surface area contributed by atoms with Crippen molar-refractivity contribution in [3.8, 4) is 11.3 Å². The zero-order valence-electron chi connectivity index (χ0n) is 19.9. The second kappa shape index (κ2) is 10.3. The van der Waals surface area contributed by atoms with Gasteiger partial charge in [0.1, 0.15) is 12.4 Å². The van der Waals surface area contributed by atoms with Crippen molar-refractivity contribution in [2.75, 3.05) is 37.5 Å². The first-order valence-electron chi connectivity index (χ1n) is 11.2. The van der Waals surface area contributed by atoms with Gasteiger partial charge in [0.2, 0.25) is 11.8 Å². The van der Waals surface area contributed by atoms with Gasteiger partial charge in [0.05, 0.1) is 28.8 Å². The summed E-state index contributed by atoms with van der Waals surface area (Å²) in [5.74, 6) is 0.652. The molecule has 1 N–H and O–H groups in total. The summed E-state index contributed by atoms with van der Waals surface area (Å²) in [6.45, 7) is 6.94. The van der Waals surface area contributed by atoms with E-state index in [0.29, 0.717) is 19.0 Å². The Morgan fingerprint density at radius 1 is 1.21 bits per heavy atom. The lowest BCUT2D eigenvalue weighted by molar-refractivity contribution is -0.123. The number of benzene rings is 1. The first-order chi connectivity index (χ1) is 16.3. The van der Waals surface area contributed by atoms with Crippen LogP contribution in [0.4, 0.5) is 5.82 Å². The molecule has 1 aliphatic heterocycles. The number of carbonyl (C=O) groups excluding carboxylic acids is 2. The van der Waals surface area contributed by atoms with Gasteiger partial charge in [0, 0.05) is 29.7 Å². The number of thiophene rings is 1. The summed E-state index contributed by atoms with van der Waals surface area (Å²) in [6.07, 6.45) is 0. The number of hydrogen-bond acceptors (Lipinski definition) is 6. The summed E-state index contributed by atoms with van der Waals surface area (Å²) in [6, 6.07) is 14.2. The van der Waals surface area contributed by atoms with Crippen molar-refractivity contribution in [1.29, 1.82) is 0 Å². The van der Waals surface area contributed by atoms with Gasteiger partial charge in [-0.1, -0.05) is 36.4 Å². The van der Waals surface area contributed by atoms with E-state index in [4.69, 9.17) is 9.84 Å². The van der Waals surface area contributed by atoms with Gasteiger partial charge in [0.15, 0.2) is 0 Å². The third-order valence-corrected chi connectivity index (χ3v) is 7.83. The highest BCUT2D eigenvalue weighted by molar-refractivity contribution is 8.00. The van der Waals surface area contributed by atoms with E-state index in [0.717, 1.165) is 21.7 Å². The molecular weight excluding hydrogens is 468 g/mol. The van der Waals surface area contributed by atoms with Crippen LogP contribution < -0.4 is 10.2 Å². The number of hydrogen-bond donors (Lipinski definition) is 1. The molecule has 0 radical (unpaired) electrons. The predicted molar refractivity (Wildman–Crippen MR) is 139 cm³/mol. The number of nitrogens with one attached hydrogen (secondary N) is 1. The van der Waals surface area contributed by atoms with Gasteiger partial charge in [-0.05, 0) is 32.2 Å². The normalized spacial score (nSPS) is 16.3. The molecule has 0 fully saturated rings. The summed E-state index contributed by atoms with van der Waals surface area (Å²) in [5, 5.41) is 9.90. The largest absolute Gasteiger partial charge is 0.383 e. The van der Waals surface area contributed by atoms with Crippen LogP contribution in [0, 0.1) is 0 Å². The Morgan fingerprint density at radius 2 is 1.97 bits per heavy atom. The second-order valence-electron chi connectivity index (χ2n) is 9.06. The third-order valence-electron chi connectivity index (χ3n) is 5.50. The maximum Gasteiger partial charge on any atom is 0.240 e. The van der Waals surface area contributed by atoms with Crippen molar-refractivity contribution in [2.45, 2.75) is 31.6 Å². The molecule has 0 saturated carbocycles. The van der Waals surface area contributed by atoms with Crippen molar-refractivity contribution in [2.24, 2.45) is 0 Å². The molecule has 0 aliphatic carbocycles. The smallest absolute Gasteiger partial charge is 0.240 e. The number of rotatable bonds is 7. The Labute approximate surface area is 208 Å². The Morgan fingerprint density at radius 3 is 2.62 bits per heavy atom. The molecule has 34 heavy (non-hydrogen) atoms. The molecule has 0 bridgehead atoms. The van der Waals surface area contributed by atoms with Crippen LogP contribution >= 0.6 is 23.1 Å². The number of aromatic nitrogens is 2. The molecule has 0 saturated heterocycles. The minimum atomic E-state index is -0.406. The fourth-order valence-electron chi connectivity index (χ4n) is 3.95. The van der Waals surface area contributed by atoms with E-state index in [-0.39, 0.29) is 29.4 Å². The van der Waals surface area contributed by atoms with Crippen molar-refractivity contribution < 1.29 is 14.3 Å². The van der Waals surface area contributed by atoms with E-state index in [1.807, 2.05) is 41.1 Å². The van der Waals surface area contributed by atoms with Crippen molar-refractivity contribution in [1.82, 2.24) is 15.1 Å². The molecule has 3 aromatic rings. The highest BCUT2D eigenvalue weighted by atomic mass is 32.2. The van der Waals surface area contributed by atoms with Gasteiger partial charge in [-0.25, -0.2) is 4.68 Å². The topological polar surface area (TPSA) is 76.5 Å². The number of carbonyl (C=O) groups is 2. The number of ether oxygens (including phenoxy) is 1. The van der Waals surface area contributed by atoms with Crippen molar-refractivity contribution in [3.63, 3.8) is 0 Å². The monoisotopic (exact) mass is 498 g/mol. The summed E-state index contributed by atoms with van der Waals surface area (Å²) in [5.41, 5.74) is 2.40. The van der Waals surface area contributed by atoms with Gasteiger partial charge < -0.3 is 10.1 Å². The number of methoxy groups -OCH3 is 1. The summed E-state index contributed by atoms with van der Waals surface area (Å²) >= 11 is 3.26. The van der Waals surface area contributed by atoms with Crippen LogP contribution in [0.2, 0.25) is 0 Å². The highest BCUT2D eigenvalue weighted by Gasteiger charge is 2.39. The Bertz CT molecular complexity index is 1140. The third kappa shape index (κ3) is 5.06. The van der Waals surface area contributed by atoms with Crippen LogP contribution in [-0.4, -0.2) is 54.2 Å². The van der Waals surface area contributed by atoms with E-state index >= 15 is 0 Å². The maximum atomic E-state index is 13.4. The standard InChI is InChI=1S/C25H30N4O3S2/c1-25(2,3)29-24-21(22(27-29)17-9-6-5-7-10-17)23(18-11-8-14-33-18)34-16-20(31)28(24)15-19(30)26-12-13-32-4/h5-11,14,23H,12-13,15-16H2,1-4H3,(H,26,30). The van der Waals surface area contributed by atoms with Crippen LogP contribution in [0.15, 0.2) is 47.8 Å². The number of thioether (sulfide) groups is 1. The van der Waals surface area contributed by atoms with Crippen molar-refractivity contribution >= 4 is 40.7 Å². The fourth-order valence-corrected chi connectivity index (χ4v) is 6.13. The summed E-state index contributed by atoms with van der Waals surface area (Å²) in [7, 11) is 1.59. The molecule has 1 unspecified atom stereocenters. The van der Waals surface area contributed by atoms with E-state index in [9.17, 15) is 9.59 Å². The van der Waals surface area contributed by atoms with Crippen LogP contribution in [0.3, 0.4) is 0 Å². The molecule has 4 rings (SSSR count). The minimum absolute atomic E-state index is 0.0631. The van der Waals surface area contributed by atoms with Gasteiger partial charge in [-0.2, -0.15) is 5.10 Å². The molecule has 3 heterocycles. The molecule has 2 aromatic heterocycles. The van der Waals surface area contributed by atoms with E-state index in [1.54, 1.807) is 35.1 Å². The first-order valence-corrected chi connectivity index (χ1v) is 13.1. The average Bonchev–Trinajstić information content (AvgIpc) is 3.45. The average molecular weight is 499 g/mol. The predicted octanol–water partition coefficient (Wildman–Crippen LogP) is 4.30. The Kier molecular flexibility index (Phi) is 7.45. The van der Waals surface area contributed by atoms with E-state index in [1.165, 1.54) is 0 Å². The lowest BCUT2D eigenvalue weighted by Crippen LogP contribution is -2.44. The molecule has 2 amide bonds. The van der Waals surface area contributed by atoms with E-state index < -0.39 is 5.54 Å². The molecule has 180 valence electrons. The van der Waals surface area contributed by atoms with Crippen molar-refractivity contribution in [3.05, 3.63) is 58.3 Å². The molecule has 0 spiro atoms. The minimum Gasteiger partial charge on any atom is -0.383 e. The van der Waals surface area contributed by atoms with Crippen LogP contribution in [0.1, 0.15) is 36.5 Å². The molecule has 1 atom stereocenters. The van der Waals surface area contributed by atoms with E-state index in [2.05, 4.69) is 37.5 Å². The SMILES string of the molecule is COCCNC(=O)CN1C(=O)CSC(c2cccs2)c2c(-c3ccccc3)nn(C(C)(C)C)c21. The zero-order chi connectivity index (χ0) is 24.3. The lowest BCUT2D eigenvalue weighted by Gasteiger charge is -2.28. The molecule has 1 aromatic carbocycles. The van der Waals surface area contributed by atoms with Gasteiger partial charge in [0.25, 0.3) is 0 Å². The molecule has 9 heteroatoms. The quantitative estimate of drug-likeness (QED) is 0.492. The zero-order valence-corrected chi connectivity index (χ0v) is 21.5.